The molecule has 1 atom stereocenters. The molecule has 1 saturated heterocycles. The highest BCUT2D eigenvalue weighted by atomic mass is 32.2. The van der Waals surface area contributed by atoms with Crippen LogP contribution in [0.1, 0.15) is 12.8 Å². The molecule has 0 aromatic carbocycles. The first-order valence-electron chi connectivity index (χ1n) is 4.14. The van der Waals surface area contributed by atoms with Gasteiger partial charge >= 0.3 is 0 Å². The summed E-state index contributed by atoms with van der Waals surface area (Å²) in [5.41, 5.74) is 0. The van der Waals surface area contributed by atoms with Crippen molar-refractivity contribution >= 4 is 15.7 Å². The van der Waals surface area contributed by atoms with E-state index in [1.165, 1.54) is 6.08 Å². The van der Waals surface area contributed by atoms with Gasteiger partial charge in [0.05, 0.1) is 11.5 Å². The van der Waals surface area contributed by atoms with E-state index >= 15 is 0 Å². The van der Waals surface area contributed by atoms with Gasteiger partial charge in [-0.1, -0.05) is 6.08 Å². The van der Waals surface area contributed by atoms with E-state index in [2.05, 4.69) is 11.9 Å². The van der Waals surface area contributed by atoms with E-state index in [-0.39, 0.29) is 29.9 Å². The lowest BCUT2D eigenvalue weighted by Gasteiger charge is -2.08. The molecule has 0 saturated carbocycles. The van der Waals surface area contributed by atoms with E-state index in [1.54, 1.807) is 0 Å². The number of hydrogen-bond acceptors (Lipinski definition) is 3. The maximum Gasteiger partial charge on any atom is 0.224 e. The van der Waals surface area contributed by atoms with Gasteiger partial charge in [-0.2, -0.15) is 0 Å². The Labute approximate surface area is 77.9 Å². The lowest BCUT2D eigenvalue weighted by molar-refractivity contribution is -0.120. The van der Waals surface area contributed by atoms with E-state index in [0.717, 1.165) is 0 Å². The molecule has 1 N–H and O–H groups in total. The van der Waals surface area contributed by atoms with Crippen LogP contribution in [0.25, 0.3) is 0 Å². The van der Waals surface area contributed by atoms with Crippen molar-refractivity contribution < 1.29 is 13.2 Å². The van der Waals surface area contributed by atoms with Crippen molar-refractivity contribution in [1.82, 2.24) is 5.32 Å². The Balaban J connectivity index is 2.40. The highest BCUT2D eigenvalue weighted by molar-refractivity contribution is 7.91. The van der Waals surface area contributed by atoms with Crippen LogP contribution in [0.15, 0.2) is 12.7 Å². The largest absolute Gasteiger partial charge is 0.352 e. The van der Waals surface area contributed by atoms with Gasteiger partial charge in [-0.3, -0.25) is 4.79 Å². The van der Waals surface area contributed by atoms with E-state index in [9.17, 15) is 13.2 Å². The standard InChI is InChI=1S/C8H13NO3S/c1-2-3-8(10)9-7-4-5-13(11,12)6-7/h2,7H,1,3-6H2,(H,9,10)/t7-/m1/s1. The van der Waals surface area contributed by atoms with Gasteiger partial charge in [-0.25, -0.2) is 8.42 Å². The number of hydrogen-bond donors (Lipinski definition) is 1. The summed E-state index contributed by atoms with van der Waals surface area (Å²) in [5, 5.41) is 2.65. The predicted molar refractivity (Wildman–Crippen MR) is 50.0 cm³/mol. The second-order valence-electron chi connectivity index (χ2n) is 3.16. The van der Waals surface area contributed by atoms with Gasteiger partial charge in [0.15, 0.2) is 9.84 Å². The van der Waals surface area contributed by atoms with Crippen molar-refractivity contribution in [3.8, 4) is 0 Å². The molecule has 5 heteroatoms. The van der Waals surface area contributed by atoms with Crippen LogP contribution >= 0.6 is 0 Å². The summed E-state index contributed by atoms with van der Waals surface area (Å²) in [4.78, 5) is 11.0. The fourth-order valence-corrected chi connectivity index (χ4v) is 3.00. The molecule has 0 aromatic rings. The van der Waals surface area contributed by atoms with Gasteiger partial charge in [0.25, 0.3) is 0 Å². The summed E-state index contributed by atoms with van der Waals surface area (Å²) in [6.07, 6.45) is 2.28. The van der Waals surface area contributed by atoms with E-state index in [1.807, 2.05) is 0 Å². The summed E-state index contributed by atoms with van der Waals surface area (Å²) >= 11 is 0. The molecule has 0 aromatic heterocycles. The second kappa shape index (κ2) is 3.91. The molecule has 13 heavy (non-hydrogen) atoms. The van der Waals surface area contributed by atoms with E-state index in [4.69, 9.17) is 0 Å². The van der Waals surface area contributed by atoms with Gasteiger partial charge in [0, 0.05) is 12.5 Å². The van der Waals surface area contributed by atoms with Crippen molar-refractivity contribution in [3.05, 3.63) is 12.7 Å². The molecule has 0 unspecified atom stereocenters. The Morgan fingerprint density at radius 1 is 1.62 bits per heavy atom. The highest BCUT2D eigenvalue weighted by Gasteiger charge is 2.28. The minimum Gasteiger partial charge on any atom is -0.352 e. The number of carbonyl (C=O) groups is 1. The zero-order valence-corrected chi connectivity index (χ0v) is 8.14. The number of carbonyl (C=O) groups excluding carboxylic acids is 1. The number of nitrogens with one attached hydrogen (secondary N) is 1. The molecule has 1 heterocycles. The Bertz CT molecular complexity index is 307. The lowest BCUT2D eigenvalue weighted by atomic mass is 10.2. The van der Waals surface area contributed by atoms with Gasteiger partial charge in [-0.05, 0) is 6.42 Å². The monoisotopic (exact) mass is 203 g/mol. The molecule has 1 rings (SSSR count). The molecule has 1 amide bonds. The average molecular weight is 203 g/mol. The Morgan fingerprint density at radius 2 is 2.31 bits per heavy atom. The minimum absolute atomic E-state index is 0.0792. The molecular weight excluding hydrogens is 190 g/mol. The fraction of sp³-hybridized carbons (Fsp3) is 0.625. The van der Waals surface area contributed by atoms with Crippen LogP contribution in [0.3, 0.4) is 0 Å². The molecule has 1 aliphatic heterocycles. The molecule has 74 valence electrons. The van der Waals surface area contributed by atoms with Gasteiger partial charge in [0.2, 0.25) is 5.91 Å². The summed E-state index contributed by atoms with van der Waals surface area (Å²) < 4.78 is 22.0. The molecule has 4 nitrogen and oxygen atoms in total. The van der Waals surface area contributed by atoms with Crippen molar-refractivity contribution in [3.63, 3.8) is 0 Å². The van der Waals surface area contributed by atoms with Crippen LogP contribution in [0.5, 0.6) is 0 Å². The Hall–Kier alpha value is -0.840. The second-order valence-corrected chi connectivity index (χ2v) is 5.39. The third kappa shape index (κ3) is 3.18. The summed E-state index contributed by atoms with van der Waals surface area (Å²) in [6, 6.07) is -0.197. The normalized spacial score (nSPS) is 25.4. The predicted octanol–water partition coefficient (Wildman–Crippen LogP) is -0.134. The SMILES string of the molecule is C=CCC(=O)N[C@@H]1CCS(=O)(=O)C1. The quantitative estimate of drug-likeness (QED) is 0.650. The van der Waals surface area contributed by atoms with Crippen molar-refractivity contribution in [2.24, 2.45) is 0 Å². The van der Waals surface area contributed by atoms with Gasteiger partial charge in [0.1, 0.15) is 0 Å². The molecule has 0 radical (unpaired) electrons. The zero-order chi connectivity index (χ0) is 9.90. The maximum atomic E-state index is 11.0. The smallest absolute Gasteiger partial charge is 0.224 e. The Morgan fingerprint density at radius 3 is 2.77 bits per heavy atom. The van der Waals surface area contributed by atoms with Crippen LogP contribution in [-0.4, -0.2) is 31.9 Å². The highest BCUT2D eigenvalue weighted by Crippen LogP contribution is 2.11. The van der Waals surface area contributed by atoms with Crippen LogP contribution < -0.4 is 5.32 Å². The van der Waals surface area contributed by atoms with Crippen LogP contribution in [0.4, 0.5) is 0 Å². The average Bonchev–Trinajstić information content (AvgIpc) is 2.30. The zero-order valence-electron chi connectivity index (χ0n) is 7.32. The molecular formula is C8H13NO3S. The molecule has 1 aliphatic rings. The number of amides is 1. The first-order valence-corrected chi connectivity index (χ1v) is 5.96. The van der Waals surface area contributed by atoms with Crippen molar-refractivity contribution in [2.75, 3.05) is 11.5 Å². The van der Waals surface area contributed by atoms with Gasteiger partial charge < -0.3 is 5.32 Å². The fourth-order valence-electron chi connectivity index (χ4n) is 1.33. The molecule has 0 aliphatic carbocycles. The van der Waals surface area contributed by atoms with Crippen LogP contribution in [0.2, 0.25) is 0 Å². The summed E-state index contributed by atoms with van der Waals surface area (Å²) in [5.74, 6) is 0.110. The third-order valence-corrected chi connectivity index (χ3v) is 3.70. The number of rotatable bonds is 3. The lowest BCUT2D eigenvalue weighted by Crippen LogP contribution is -2.35. The van der Waals surface area contributed by atoms with Crippen LogP contribution in [-0.2, 0) is 14.6 Å². The summed E-state index contributed by atoms with van der Waals surface area (Å²) in [6.45, 7) is 3.42. The minimum atomic E-state index is -2.90. The Kier molecular flexibility index (Phi) is 3.08. The van der Waals surface area contributed by atoms with Crippen molar-refractivity contribution in [1.29, 1.82) is 0 Å². The third-order valence-electron chi connectivity index (χ3n) is 1.93. The summed E-state index contributed by atoms with van der Waals surface area (Å²) in [7, 11) is -2.90. The topological polar surface area (TPSA) is 63.2 Å². The van der Waals surface area contributed by atoms with Gasteiger partial charge in [-0.15, -0.1) is 6.58 Å². The molecule has 0 spiro atoms. The van der Waals surface area contributed by atoms with Crippen molar-refractivity contribution in [2.45, 2.75) is 18.9 Å². The number of sulfone groups is 1. The maximum absolute atomic E-state index is 11.0. The first kappa shape index (κ1) is 10.2. The molecule has 0 bridgehead atoms. The first-order chi connectivity index (χ1) is 6.03. The van der Waals surface area contributed by atoms with Crippen LogP contribution in [0, 0.1) is 0 Å². The van der Waals surface area contributed by atoms with E-state index < -0.39 is 9.84 Å². The molecule has 1 fully saturated rings. The van der Waals surface area contributed by atoms with E-state index in [0.29, 0.717) is 6.42 Å².